The lowest BCUT2D eigenvalue weighted by Crippen LogP contribution is -2.37. The zero-order chi connectivity index (χ0) is 12.5. The minimum Gasteiger partial charge on any atom is -0.308 e. The SMILES string of the molecule is O=C1c2ccccc2CCN1c1ccc(I)cc1. The van der Waals surface area contributed by atoms with Gasteiger partial charge in [0.05, 0.1) is 0 Å². The summed E-state index contributed by atoms with van der Waals surface area (Å²) in [6, 6.07) is 15.9. The van der Waals surface area contributed by atoms with Crippen LogP contribution < -0.4 is 4.90 Å². The van der Waals surface area contributed by atoms with Crippen molar-refractivity contribution in [3.8, 4) is 0 Å². The number of hydrogen-bond donors (Lipinski definition) is 0. The average Bonchev–Trinajstić information content (AvgIpc) is 2.41. The smallest absolute Gasteiger partial charge is 0.258 e. The van der Waals surface area contributed by atoms with Crippen LogP contribution in [0.3, 0.4) is 0 Å². The van der Waals surface area contributed by atoms with Crippen molar-refractivity contribution in [2.45, 2.75) is 6.42 Å². The van der Waals surface area contributed by atoms with Gasteiger partial charge in [-0.25, -0.2) is 0 Å². The first-order valence-corrected chi connectivity index (χ1v) is 6.99. The Labute approximate surface area is 120 Å². The number of benzene rings is 2. The van der Waals surface area contributed by atoms with Crippen molar-refractivity contribution in [3.05, 3.63) is 63.2 Å². The molecule has 0 spiro atoms. The summed E-state index contributed by atoms with van der Waals surface area (Å²) in [5.74, 6) is 0.109. The second-order valence-electron chi connectivity index (χ2n) is 4.34. The molecule has 0 bridgehead atoms. The van der Waals surface area contributed by atoms with Crippen LogP contribution in [0.2, 0.25) is 0 Å². The molecule has 0 aliphatic carbocycles. The van der Waals surface area contributed by atoms with Gasteiger partial charge in [-0.2, -0.15) is 0 Å². The number of fused-ring (bicyclic) bond motifs is 1. The third-order valence-electron chi connectivity index (χ3n) is 3.24. The van der Waals surface area contributed by atoms with Crippen molar-refractivity contribution < 1.29 is 4.79 Å². The molecule has 1 heterocycles. The zero-order valence-electron chi connectivity index (χ0n) is 9.77. The van der Waals surface area contributed by atoms with Crippen molar-refractivity contribution in [3.63, 3.8) is 0 Å². The molecule has 1 amide bonds. The first-order valence-electron chi connectivity index (χ1n) is 5.91. The van der Waals surface area contributed by atoms with E-state index in [0.717, 1.165) is 29.8 Å². The molecular weight excluding hydrogens is 337 g/mol. The molecule has 0 N–H and O–H groups in total. The lowest BCUT2D eigenvalue weighted by molar-refractivity contribution is 0.0980. The lowest BCUT2D eigenvalue weighted by Gasteiger charge is -2.28. The van der Waals surface area contributed by atoms with E-state index in [9.17, 15) is 4.79 Å². The number of carbonyl (C=O) groups is 1. The van der Waals surface area contributed by atoms with Crippen LogP contribution in [0, 0.1) is 3.57 Å². The zero-order valence-corrected chi connectivity index (χ0v) is 11.9. The summed E-state index contributed by atoms with van der Waals surface area (Å²) in [6.07, 6.45) is 0.925. The van der Waals surface area contributed by atoms with Crippen molar-refractivity contribution in [1.82, 2.24) is 0 Å². The Kier molecular flexibility index (Phi) is 3.07. The summed E-state index contributed by atoms with van der Waals surface area (Å²) in [4.78, 5) is 14.3. The molecule has 0 fully saturated rings. The van der Waals surface area contributed by atoms with Gasteiger partial charge in [-0.05, 0) is 64.9 Å². The molecule has 0 radical (unpaired) electrons. The van der Waals surface area contributed by atoms with Crippen LogP contribution in [-0.4, -0.2) is 12.5 Å². The Morgan fingerprint density at radius 3 is 2.50 bits per heavy atom. The molecule has 0 aromatic heterocycles. The molecule has 3 heteroatoms. The number of nitrogens with zero attached hydrogens (tertiary/aromatic N) is 1. The van der Waals surface area contributed by atoms with Crippen molar-refractivity contribution in [2.24, 2.45) is 0 Å². The van der Waals surface area contributed by atoms with E-state index in [2.05, 4.69) is 22.6 Å². The normalized spacial score (nSPS) is 14.5. The number of carbonyl (C=O) groups excluding carboxylic acids is 1. The number of amides is 1. The van der Waals surface area contributed by atoms with E-state index in [1.807, 2.05) is 53.4 Å². The molecule has 0 unspecified atom stereocenters. The second kappa shape index (κ2) is 4.72. The van der Waals surface area contributed by atoms with Crippen molar-refractivity contribution in [2.75, 3.05) is 11.4 Å². The van der Waals surface area contributed by atoms with Gasteiger partial charge in [0.15, 0.2) is 0 Å². The second-order valence-corrected chi connectivity index (χ2v) is 5.59. The number of halogens is 1. The summed E-state index contributed by atoms with van der Waals surface area (Å²) < 4.78 is 1.18. The summed E-state index contributed by atoms with van der Waals surface area (Å²) in [7, 11) is 0. The van der Waals surface area contributed by atoms with Crippen LogP contribution in [-0.2, 0) is 6.42 Å². The predicted octanol–water partition coefficient (Wildman–Crippen LogP) is 3.49. The Morgan fingerprint density at radius 1 is 1.00 bits per heavy atom. The lowest BCUT2D eigenvalue weighted by atomic mass is 9.99. The topological polar surface area (TPSA) is 20.3 Å². The van der Waals surface area contributed by atoms with E-state index >= 15 is 0 Å². The van der Waals surface area contributed by atoms with Gasteiger partial charge in [-0.3, -0.25) is 4.79 Å². The van der Waals surface area contributed by atoms with Gasteiger partial charge in [0.2, 0.25) is 0 Å². The highest BCUT2D eigenvalue weighted by Gasteiger charge is 2.24. The molecule has 90 valence electrons. The Bertz CT molecular complexity index is 592. The Balaban J connectivity index is 1.97. The van der Waals surface area contributed by atoms with Gasteiger partial charge in [-0.15, -0.1) is 0 Å². The highest BCUT2D eigenvalue weighted by Crippen LogP contribution is 2.24. The molecule has 2 aromatic carbocycles. The first-order chi connectivity index (χ1) is 8.75. The van der Waals surface area contributed by atoms with Gasteiger partial charge in [-0.1, -0.05) is 18.2 Å². The summed E-state index contributed by atoms with van der Waals surface area (Å²) in [6.45, 7) is 0.760. The van der Waals surface area contributed by atoms with Gasteiger partial charge in [0.25, 0.3) is 5.91 Å². The van der Waals surface area contributed by atoms with E-state index in [0.29, 0.717) is 0 Å². The number of rotatable bonds is 1. The van der Waals surface area contributed by atoms with Gasteiger partial charge in [0.1, 0.15) is 0 Å². The van der Waals surface area contributed by atoms with E-state index in [-0.39, 0.29) is 5.91 Å². The van der Waals surface area contributed by atoms with Gasteiger partial charge < -0.3 is 4.90 Å². The third kappa shape index (κ3) is 2.03. The van der Waals surface area contributed by atoms with Crippen LogP contribution in [0.4, 0.5) is 5.69 Å². The van der Waals surface area contributed by atoms with Gasteiger partial charge >= 0.3 is 0 Å². The average molecular weight is 349 g/mol. The molecule has 0 atom stereocenters. The minimum atomic E-state index is 0.109. The fourth-order valence-corrected chi connectivity index (χ4v) is 2.65. The van der Waals surface area contributed by atoms with Crippen LogP contribution in [0.5, 0.6) is 0 Å². The van der Waals surface area contributed by atoms with Crippen LogP contribution in [0.1, 0.15) is 15.9 Å². The monoisotopic (exact) mass is 349 g/mol. The summed E-state index contributed by atoms with van der Waals surface area (Å²) in [5, 5.41) is 0. The molecule has 3 rings (SSSR count). The Hall–Kier alpha value is -1.36. The van der Waals surface area contributed by atoms with E-state index < -0.39 is 0 Å². The number of anilines is 1. The summed E-state index contributed by atoms with van der Waals surface area (Å²) >= 11 is 2.27. The fourth-order valence-electron chi connectivity index (χ4n) is 2.29. The molecule has 0 saturated carbocycles. The van der Waals surface area contributed by atoms with E-state index in [1.54, 1.807) is 0 Å². The third-order valence-corrected chi connectivity index (χ3v) is 3.96. The number of hydrogen-bond acceptors (Lipinski definition) is 1. The maximum absolute atomic E-state index is 12.4. The standard InChI is InChI=1S/C15H12INO/c16-12-5-7-13(8-6-12)17-10-9-11-3-1-2-4-14(11)15(17)18/h1-8H,9-10H2. The maximum atomic E-state index is 12.4. The Morgan fingerprint density at radius 2 is 1.72 bits per heavy atom. The van der Waals surface area contributed by atoms with Gasteiger partial charge in [0, 0.05) is 21.4 Å². The van der Waals surface area contributed by atoms with Crippen molar-refractivity contribution >= 4 is 34.2 Å². The largest absolute Gasteiger partial charge is 0.308 e. The van der Waals surface area contributed by atoms with Crippen LogP contribution in [0.15, 0.2) is 48.5 Å². The first kappa shape index (κ1) is 11.7. The maximum Gasteiger partial charge on any atom is 0.258 e. The van der Waals surface area contributed by atoms with Crippen LogP contribution >= 0.6 is 22.6 Å². The molecule has 1 aliphatic rings. The fraction of sp³-hybridized carbons (Fsp3) is 0.133. The molecular formula is C15H12INO. The highest BCUT2D eigenvalue weighted by molar-refractivity contribution is 14.1. The van der Waals surface area contributed by atoms with Crippen LogP contribution in [0.25, 0.3) is 0 Å². The highest BCUT2D eigenvalue weighted by atomic mass is 127. The minimum absolute atomic E-state index is 0.109. The van der Waals surface area contributed by atoms with E-state index in [4.69, 9.17) is 0 Å². The van der Waals surface area contributed by atoms with Crippen molar-refractivity contribution in [1.29, 1.82) is 0 Å². The molecule has 2 nitrogen and oxygen atoms in total. The molecule has 2 aromatic rings. The quantitative estimate of drug-likeness (QED) is 0.722. The predicted molar refractivity (Wildman–Crippen MR) is 81.0 cm³/mol. The molecule has 18 heavy (non-hydrogen) atoms. The molecule has 0 saturated heterocycles. The van der Waals surface area contributed by atoms with E-state index in [1.165, 1.54) is 3.57 Å². The summed E-state index contributed by atoms with van der Waals surface area (Å²) in [5.41, 5.74) is 2.97. The molecule has 1 aliphatic heterocycles.